The van der Waals surface area contributed by atoms with Crippen molar-refractivity contribution in [1.82, 2.24) is 9.80 Å². The second-order valence-electron chi connectivity index (χ2n) is 8.54. The number of halogens is 6. The lowest BCUT2D eigenvalue weighted by atomic mass is 10.1. The van der Waals surface area contributed by atoms with E-state index in [0.717, 1.165) is 36.0 Å². The lowest BCUT2D eigenvalue weighted by Crippen LogP contribution is -2.48. The molecule has 0 spiro atoms. The Kier molecular flexibility index (Phi) is 8.62. The second-order valence-corrected chi connectivity index (χ2v) is 9.55. The molecular formula is C25H20F6N4O4S. The van der Waals surface area contributed by atoms with E-state index in [1.165, 1.54) is 12.1 Å². The SMILES string of the molecule is N#Cc1ccc(Oc2ccc(C=C3SC(N4CCN(CCO)CC4)=NC3=O)cc2OC(F)(F)F)c(C(F)(F)F)c1. The highest BCUT2D eigenvalue weighted by Crippen LogP contribution is 2.42. The molecule has 0 aliphatic carbocycles. The van der Waals surface area contributed by atoms with E-state index in [1.807, 2.05) is 4.90 Å². The molecule has 212 valence electrons. The number of aliphatic hydroxyl groups excluding tert-OH is 1. The minimum absolute atomic E-state index is 0.0297. The molecule has 0 atom stereocenters. The average Bonchev–Trinajstić information content (AvgIpc) is 3.24. The van der Waals surface area contributed by atoms with Crippen LogP contribution in [-0.4, -0.2) is 71.7 Å². The van der Waals surface area contributed by atoms with Crippen LogP contribution >= 0.6 is 11.8 Å². The summed E-state index contributed by atoms with van der Waals surface area (Å²) in [6.07, 6.45) is -8.87. The van der Waals surface area contributed by atoms with Crippen LogP contribution in [0.4, 0.5) is 26.3 Å². The number of piperazine rings is 1. The number of carbonyl (C=O) groups excluding carboxylic acids is 1. The Morgan fingerprint density at radius 2 is 1.73 bits per heavy atom. The van der Waals surface area contributed by atoms with Crippen LogP contribution in [0.2, 0.25) is 0 Å². The average molecular weight is 587 g/mol. The van der Waals surface area contributed by atoms with E-state index in [1.54, 1.807) is 6.07 Å². The predicted octanol–water partition coefficient (Wildman–Crippen LogP) is 4.85. The quantitative estimate of drug-likeness (QED) is 0.379. The first-order chi connectivity index (χ1) is 18.9. The fraction of sp³-hybridized carbons (Fsp3) is 0.320. The van der Waals surface area contributed by atoms with Gasteiger partial charge < -0.3 is 19.5 Å². The van der Waals surface area contributed by atoms with Crippen LogP contribution in [0.25, 0.3) is 6.08 Å². The number of hydrogen-bond acceptors (Lipinski definition) is 8. The van der Waals surface area contributed by atoms with Gasteiger partial charge in [-0.1, -0.05) is 6.07 Å². The van der Waals surface area contributed by atoms with E-state index in [-0.39, 0.29) is 22.6 Å². The number of hydrogen-bond donors (Lipinski definition) is 1. The molecule has 2 aromatic carbocycles. The maximum absolute atomic E-state index is 13.5. The van der Waals surface area contributed by atoms with E-state index in [2.05, 4.69) is 14.6 Å². The minimum Gasteiger partial charge on any atom is -0.453 e. The summed E-state index contributed by atoms with van der Waals surface area (Å²) in [6.45, 7) is 3.00. The first-order valence-electron chi connectivity index (χ1n) is 11.7. The Morgan fingerprint density at radius 3 is 2.35 bits per heavy atom. The largest absolute Gasteiger partial charge is 0.573 e. The van der Waals surface area contributed by atoms with Crippen molar-refractivity contribution in [2.24, 2.45) is 4.99 Å². The van der Waals surface area contributed by atoms with E-state index < -0.39 is 41.3 Å². The number of amides is 1. The summed E-state index contributed by atoms with van der Waals surface area (Å²) in [4.78, 5) is 20.6. The fourth-order valence-electron chi connectivity index (χ4n) is 3.92. The second kappa shape index (κ2) is 11.8. The van der Waals surface area contributed by atoms with Gasteiger partial charge in [-0.3, -0.25) is 9.69 Å². The van der Waals surface area contributed by atoms with Crippen LogP contribution in [0, 0.1) is 11.3 Å². The summed E-state index contributed by atoms with van der Waals surface area (Å²) in [5, 5.41) is 18.4. The van der Waals surface area contributed by atoms with E-state index in [0.29, 0.717) is 44.0 Å². The molecule has 1 fully saturated rings. The highest BCUT2D eigenvalue weighted by atomic mass is 32.2. The standard InChI is InChI=1S/C25H20F6N4O4S/c26-24(27,28)17-11-16(14-32)2-3-18(17)38-19-4-1-15(12-20(19)39-25(29,30)31)13-21-22(37)33-23(40-21)35-7-5-34(6-8-35)9-10-36/h1-4,11-13,36H,5-10H2. The monoisotopic (exact) mass is 586 g/mol. The Morgan fingerprint density at radius 1 is 1.02 bits per heavy atom. The van der Waals surface area contributed by atoms with Gasteiger partial charge in [-0.05, 0) is 53.7 Å². The zero-order valence-electron chi connectivity index (χ0n) is 20.4. The van der Waals surface area contributed by atoms with Gasteiger partial charge in [0.1, 0.15) is 5.75 Å². The summed E-state index contributed by atoms with van der Waals surface area (Å²) in [6, 6.07) is 7.05. The molecule has 40 heavy (non-hydrogen) atoms. The maximum Gasteiger partial charge on any atom is 0.573 e. The number of rotatable bonds is 6. The zero-order valence-corrected chi connectivity index (χ0v) is 21.2. The molecule has 0 saturated carbocycles. The highest BCUT2D eigenvalue weighted by molar-refractivity contribution is 8.18. The summed E-state index contributed by atoms with van der Waals surface area (Å²) in [7, 11) is 0. The Labute approximate surface area is 228 Å². The predicted molar refractivity (Wildman–Crippen MR) is 132 cm³/mol. The molecule has 15 heteroatoms. The molecule has 0 aromatic heterocycles. The number of aliphatic hydroxyl groups is 1. The van der Waals surface area contributed by atoms with Crippen LogP contribution in [0.1, 0.15) is 16.7 Å². The zero-order chi connectivity index (χ0) is 29.1. The van der Waals surface area contributed by atoms with Crippen molar-refractivity contribution in [3.63, 3.8) is 0 Å². The molecule has 0 radical (unpaired) electrons. The van der Waals surface area contributed by atoms with Crippen LogP contribution in [-0.2, 0) is 11.0 Å². The van der Waals surface area contributed by atoms with Gasteiger partial charge in [0, 0.05) is 32.7 Å². The summed E-state index contributed by atoms with van der Waals surface area (Å²) >= 11 is 1.04. The molecule has 4 rings (SSSR count). The molecule has 2 aliphatic heterocycles. The molecule has 2 heterocycles. The van der Waals surface area contributed by atoms with Crippen LogP contribution in [0.3, 0.4) is 0 Å². The highest BCUT2D eigenvalue weighted by Gasteiger charge is 2.36. The third-order valence-electron chi connectivity index (χ3n) is 5.79. The molecular weight excluding hydrogens is 566 g/mol. The molecule has 1 saturated heterocycles. The van der Waals surface area contributed by atoms with Crippen LogP contribution in [0.15, 0.2) is 46.3 Å². The first-order valence-corrected chi connectivity index (χ1v) is 12.5. The molecule has 2 aromatic rings. The van der Waals surface area contributed by atoms with Gasteiger partial charge in [0.2, 0.25) is 0 Å². The molecule has 8 nitrogen and oxygen atoms in total. The number of benzene rings is 2. The van der Waals surface area contributed by atoms with Crippen molar-refractivity contribution in [3.05, 3.63) is 58.0 Å². The minimum atomic E-state index is -5.20. The molecule has 1 amide bonds. The van der Waals surface area contributed by atoms with Gasteiger partial charge in [-0.2, -0.15) is 23.4 Å². The number of aliphatic imine (C=N–C) groups is 1. The van der Waals surface area contributed by atoms with Gasteiger partial charge in [0.15, 0.2) is 16.7 Å². The van der Waals surface area contributed by atoms with Gasteiger partial charge >= 0.3 is 12.5 Å². The molecule has 2 aliphatic rings. The summed E-state index contributed by atoms with van der Waals surface area (Å²) in [5.41, 5.74) is -1.59. The van der Waals surface area contributed by atoms with Gasteiger partial charge in [-0.15, -0.1) is 13.2 Å². The third-order valence-corrected chi connectivity index (χ3v) is 6.84. The topological polar surface area (TPSA) is 98.4 Å². The molecule has 0 unspecified atom stereocenters. The number of ether oxygens (including phenoxy) is 2. The molecule has 0 bridgehead atoms. The van der Waals surface area contributed by atoms with Crippen molar-refractivity contribution in [2.45, 2.75) is 12.5 Å². The number of nitrogens with zero attached hydrogens (tertiary/aromatic N) is 4. The third kappa shape index (κ3) is 7.26. The van der Waals surface area contributed by atoms with E-state index in [9.17, 15) is 31.1 Å². The normalized spacial score (nSPS) is 17.6. The maximum atomic E-state index is 13.5. The van der Waals surface area contributed by atoms with Gasteiger partial charge in [0.05, 0.1) is 28.7 Å². The number of carbonyl (C=O) groups is 1. The number of amidine groups is 1. The van der Waals surface area contributed by atoms with Crippen molar-refractivity contribution < 1.29 is 45.7 Å². The van der Waals surface area contributed by atoms with Gasteiger partial charge in [0.25, 0.3) is 5.91 Å². The Bertz CT molecular complexity index is 1380. The number of nitriles is 1. The van der Waals surface area contributed by atoms with Crippen LogP contribution < -0.4 is 9.47 Å². The van der Waals surface area contributed by atoms with Crippen molar-refractivity contribution in [3.8, 4) is 23.3 Å². The summed E-state index contributed by atoms with van der Waals surface area (Å²) in [5.74, 6) is -3.03. The summed E-state index contributed by atoms with van der Waals surface area (Å²) < 4.78 is 89.2. The number of alkyl halides is 6. The van der Waals surface area contributed by atoms with Crippen molar-refractivity contribution >= 4 is 28.9 Å². The van der Waals surface area contributed by atoms with Crippen molar-refractivity contribution in [2.75, 3.05) is 39.3 Å². The smallest absolute Gasteiger partial charge is 0.453 e. The lowest BCUT2D eigenvalue weighted by molar-refractivity contribution is -0.275. The fourth-order valence-corrected chi connectivity index (χ4v) is 4.89. The van der Waals surface area contributed by atoms with E-state index in [4.69, 9.17) is 15.1 Å². The van der Waals surface area contributed by atoms with Crippen LogP contribution in [0.5, 0.6) is 17.2 Å². The van der Waals surface area contributed by atoms with E-state index >= 15 is 0 Å². The number of β-amino-alcohol motifs (C(OH)–C–C–N with tert-alkyl or cyclic N) is 1. The molecule has 1 N–H and O–H groups in total. The first kappa shape index (κ1) is 29.2. The lowest BCUT2D eigenvalue weighted by Gasteiger charge is -2.34. The Balaban J connectivity index is 1.58. The number of thioether (sulfide) groups is 1. The van der Waals surface area contributed by atoms with Crippen molar-refractivity contribution in [1.29, 1.82) is 5.26 Å². The van der Waals surface area contributed by atoms with Gasteiger partial charge in [-0.25, -0.2) is 0 Å². The Hall–Kier alpha value is -3.74.